The molecule has 3 nitrogen and oxygen atoms in total. The molecule has 0 bridgehead atoms. The molecule has 1 aromatic rings. The van der Waals surface area contributed by atoms with Crippen LogP contribution in [0.4, 0.5) is 0 Å². The summed E-state index contributed by atoms with van der Waals surface area (Å²) in [7, 11) is 1.57. The number of amides is 1. The van der Waals surface area contributed by atoms with E-state index < -0.39 is 6.10 Å². The maximum absolute atomic E-state index is 12.4. The van der Waals surface area contributed by atoms with Gasteiger partial charge in [0.2, 0.25) is 0 Å². The molecule has 0 aliphatic carbocycles. The highest BCUT2D eigenvalue weighted by atomic mass is 79.9. The van der Waals surface area contributed by atoms with Gasteiger partial charge in [0.05, 0.1) is 6.04 Å². The van der Waals surface area contributed by atoms with Crippen molar-refractivity contribution in [2.75, 3.05) is 13.7 Å². The fraction of sp³-hybridized carbons (Fsp3) is 0.533. The first-order valence-electron chi connectivity index (χ1n) is 6.60. The van der Waals surface area contributed by atoms with Crippen molar-refractivity contribution in [1.29, 1.82) is 0 Å². The van der Waals surface area contributed by atoms with Gasteiger partial charge in [-0.1, -0.05) is 41.1 Å². The number of hydrogen-bond donors (Lipinski definition) is 0. The Kier molecular flexibility index (Phi) is 6.52. The fourth-order valence-corrected chi connectivity index (χ4v) is 2.67. The van der Waals surface area contributed by atoms with Crippen LogP contribution in [0.25, 0.3) is 0 Å². The first kappa shape index (κ1) is 16.2. The third-order valence-corrected chi connectivity index (χ3v) is 3.99. The third-order valence-electron chi connectivity index (χ3n) is 3.27. The van der Waals surface area contributed by atoms with E-state index in [-0.39, 0.29) is 11.9 Å². The lowest BCUT2D eigenvalue weighted by molar-refractivity contribution is -0.143. The van der Waals surface area contributed by atoms with E-state index in [1.54, 1.807) is 14.0 Å². The highest BCUT2D eigenvalue weighted by molar-refractivity contribution is 9.10. The van der Waals surface area contributed by atoms with E-state index in [1.165, 1.54) is 0 Å². The van der Waals surface area contributed by atoms with E-state index >= 15 is 0 Å². The molecule has 0 N–H and O–H groups in total. The molecule has 0 saturated heterocycles. The summed E-state index contributed by atoms with van der Waals surface area (Å²) in [5.74, 6) is 0.0348. The fourth-order valence-electron chi connectivity index (χ4n) is 2.05. The Bertz CT molecular complexity index is 422. The van der Waals surface area contributed by atoms with Crippen LogP contribution in [0.1, 0.15) is 38.8 Å². The molecule has 1 aromatic carbocycles. The van der Waals surface area contributed by atoms with E-state index in [9.17, 15) is 4.79 Å². The maximum atomic E-state index is 12.4. The first-order chi connectivity index (χ1) is 9.02. The van der Waals surface area contributed by atoms with Crippen molar-refractivity contribution in [3.63, 3.8) is 0 Å². The van der Waals surface area contributed by atoms with Crippen molar-refractivity contribution < 1.29 is 9.53 Å². The van der Waals surface area contributed by atoms with E-state index in [0.717, 1.165) is 23.0 Å². The molecule has 19 heavy (non-hydrogen) atoms. The number of carbonyl (C=O) groups excluding carboxylic acids is 1. The predicted octanol–water partition coefficient (Wildman–Crippen LogP) is 3.78. The topological polar surface area (TPSA) is 29.5 Å². The Balaban J connectivity index is 2.99. The third kappa shape index (κ3) is 4.05. The lowest BCUT2D eigenvalue weighted by atomic mass is 10.1. The van der Waals surface area contributed by atoms with Crippen molar-refractivity contribution >= 4 is 21.8 Å². The van der Waals surface area contributed by atoms with Gasteiger partial charge in [-0.15, -0.1) is 0 Å². The summed E-state index contributed by atoms with van der Waals surface area (Å²) in [5, 5.41) is 0. The summed E-state index contributed by atoms with van der Waals surface area (Å²) < 4.78 is 6.18. The Morgan fingerprint density at radius 1 is 1.37 bits per heavy atom. The molecule has 0 aliphatic heterocycles. The molecule has 2 unspecified atom stereocenters. The molecule has 2 atom stereocenters. The van der Waals surface area contributed by atoms with Crippen molar-refractivity contribution in [3.8, 4) is 0 Å². The summed E-state index contributed by atoms with van der Waals surface area (Å²) in [5.41, 5.74) is 1.12. The van der Waals surface area contributed by atoms with Gasteiger partial charge in [-0.2, -0.15) is 0 Å². The molecule has 1 rings (SSSR count). The number of nitrogens with zero attached hydrogens (tertiary/aromatic N) is 1. The van der Waals surface area contributed by atoms with Gasteiger partial charge in [0.1, 0.15) is 6.10 Å². The average Bonchev–Trinajstić information content (AvgIpc) is 2.43. The van der Waals surface area contributed by atoms with Crippen molar-refractivity contribution in [2.24, 2.45) is 0 Å². The molecule has 0 fully saturated rings. The minimum atomic E-state index is -0.406. The molecule has 106 valence electrons. The minimum Gasteiger partial charge on any atom is -0.372 e. The van der Waals surface area contributed by atoms with E-state index in [1.807, 2.05) is 29.2 Å². The van der Waals surface area contributed by atoms with E-state index in [2.05, 4.69) is 29.8 Å². The number of ether oxygens (including phenoxy) is 1. The molecule has 4 heteroatoms. The second-order valence-corrected chi connectivity index (χ2v) is 5.46. The highest BCUT2D eigenvalue weighted by Crippen LogP contribution is 2.28. The van der Waals surface area contributed by atoms with Gasteiger partial charge in [0.25, 0.3) is 5.91 Å². The standard InChI is InChI=1S/C15H22BrNO2/c1-5-10-17(15(18)12(3)19-4)11(2)13-8-6-7-9-14(13)16/h6-9,11-12H,5,10H2,1-4H3. The van der Waals surface area contributed by atoms with Crippen molar-refractivity contribution in [3.05, 3.63) is 34.3 Å². The van der Waals surface area contributed by atoms with Gasteiger partial charge in [0.15, 0.2) is 0 Å². The van der Waals surface area contributed by atoms with Crippen molar-refractivity contribution in [1.82, 2.24) is 4.90 Å². The number of benzene rings is 1. The van der Waals surface area contributed by atoms with Crippen LogP contribution in [0.5, 0.6) is 0 Å². The van der Waals surface area contributed by atoms with E-state index in [4.69, 9.17) is 4.74 Å². The van der Waals surface area contributed by atoms with E-state index in [0.29, 0.717) is 0 Å². The van der Waals surface area contributed by atoms with Crippen LogP contribution in [0.2, 0.25) is 0 Å². The summed E-state index contributed by atoms with van der Waals surface area (Å²) in [4.78, 5) is 14.3. The maximum Gasteiger partial charge on any atom is 0.251 e. The van der Waals surface area contributed by atoms with Crippen LogP contribution in [0, 0.1) is 0 Å². The van der Waals surface area contributed by atoms with Crippen LogP contribution in [0.15, 0.2) is 28.7 Å². The van der Waals surface area contributed by atoms with Crippen LogP contribution in [-0.2, 0) is 9.53 Å². The molecule has 0 radical (unpaired) electrons. The lowest BCUT2D eigenvalue weighted by Gasteiger charge is -2.31. The molecular formula is C15H22BrNO2. The number of methoxy groups -OCH3 is 1. The highest BCUT2D eigenvalue weighted by Gasteiger charge is 2.25. The zero-order valence-electron chi connectivity index (χ0n) is 12.0. The van der Waals surface area contributed by atoms with Gasteiger partial charge < -0.3 is 9.64 Å². The smallest absolute Gasteiger partial charge is 0.251 e. The molecule has 0 saturated carbocycles. The number of carbonyl (C=O) groups is 1. The summed E-state index contributed by atoms with van der Waals surface area (Å²) in [6.07, 6.45) is 0.522. The van der Waals surface area contributed by atoms with Gasteiger partial charge in [-0.3, -0.25) is 4.79 Å². The van der Waals surface area contributed by atoms with Gasteiger partial charge in [-0.25, -0.2) is 0 Å². The Morgan fingerprint density at radius 2 is 2.00 bits per heavy atom. The lowest BCUT2D eigenvalue weighted by Crippen LogP contribution is -2.40. The second kappa shape index (κ2) is 7.65. The van der Waals surface area contributed by atoms with Gasteiger partial charge >= 0.3 is 0 Å². The zero-order valence-corrected chi connectivity index (χ0v) is 13.6. The number of hydrogen-bond acceptors (Lipinski definition) is 2. The van der Waals surface area contributed by atoms with Crippen molar-refractivity contribution in [2.45, 2.75) is 39.3 Å². The summed E-state index contributed by atoms with van der Waals surface area (Å²) in [6.45, 7) is 6.65. The van der Waals surface area contributed by atoms with Crippen LogP contribution in [-0.4, -0.2) is 30.6 Å². The van der Waals surface area contributed by atoms with Crippen LogP contribution in [0.3, 0.4) is 0 Å². The molecule has 0 aromatic heterocycles. The predicted molar refractivity (Wildman–Crippen MR) is 81.0 cm³/mol. The Morgan fingerprint density at radius 3 is 2.53 bits per heavy atom. The second-order valence-electron chi connectivity index (χ2n) is 4.61. The SMILES string of the molecule is CCCN(C(=O)C(C)OC)C(C)c1ccccc1Br. The van der Waals surface area contributed by atoms with Gasteiger partial charge in [-0.05, 0) is 31.9 Å². The Hall–Kier alpha value is -0.870. The monoisotopic (exact) mass is 327 g/mol. The molecule has 1 amide bonds. The quantitative estimate of drug-likeness (QED) is 0.795. The first-order valence-corrected chi connectivity index (χ1v) is 7.39. The summed E-state index contributed by atoms with van der Waals surface area (Å²) in [6, 6.07) is 8.04. The summed E-state index contributed by atoms with van der Waals surface area (Å²) >= 11 is 3.55. The van der Waals surface area contributed by atoms with Crippen LogP contribution >= 0.6 is 15.9 Å². The molecule has 0 heterocycles. The average molecular weight is 328 g/mol. The largest absolute Gasteiger partial charge is 0.372 e. The zero-order chi connectivity index (χ0) is 14.4. The Labute approximate surface area is 124 Å². The molecule has 0 spiro atoms. The molecular weight excluding hydrogens is 306 g/mol. The van der Waals surface area contributed by atoms with Gasteiger partial charge in [0, 0.05) is 18.1 Å². The van der Waals surface area contributed by atoms with Crippen LogP contribution < -0.4 is 0 Å². The number of halogens is 1. The number of rotatable bonds is 6. The normalized spacial score (nSPS) is 13.9. The minimum absolute atomic E-state index is 0.0284. The molecule has 0 aliphatic rings.